The first-order valence-corrected chi connectivity index (χ1v) is 20.7. The number of carbonyl (C=O) groups is 2. The number of hydrogen-bond acceptors (Lipinski definition) is 7. The number of hydrogen-bond donors (Lipinski definition) is 2. The quantitative estimate of drug-likeness (QED) is 0.0760. The summed E-state index contributed by atoms with van der Waals surface area (Å²) in [7, 11) is 0. The number of ether oxygens (including phenoxy) is 2. The number of amides is 1. The lowest BCUT2D eigenvalue weighted by Crippen LogP contribution is -2.40. The molecular weight excluding hydrogens is 713 g/mol. The van der Waals surface area contributed by atoms with E-state index in [0.717, 1.165) is 77.8 Å². The van der Waals surface area contributed by atoms with E-state index in [-0.39, 0.29) is 5.91 Å². The second-order valence-corrected chi connectivity index (χ2v) is 16.3. The molecule has 2 N–H and O–H groups in total. The van der Waals surface area contributed by atoms with E-state index in [1.54, 1.807) is 26.0 Å². The van der Waals surface area contributed by atoms with Crippen molar-refractivity contribution in [2.45, 2.75) is 90.8 Å². The maximum absolute atomic E-state index is 13.8. The van der Waals surface area contributed by atoms with E-state index < -0.39 is 22.6 Å². The Balaban J connectivity index is 1.35. The van der Waals surface area contributed by atoms with Gasteiger partial charge in [-0.15, -0.1) is 0 Å². The summed E-state index contributed by atoms with van der Waals surface area (Å²) in [5, 5.41) is 13.0. The summed E-state index contributed by atoms with van der Waals surface area (Å²) >= 11 is -1.28. The van der Waals surface area contributed by atoms with Crippen molar-refractivity contribution in [1.29, 1.82) is 0 Å². The molecule has 294 valence electrons. The molecule has 0 saturated carbocycles. The van der Waals surface area contributed by atoms with Gasteiger partial charge in [-0.3, -0.25) is 9.59 Å². The summed E-state index contributed by atoms with van der Waals surface area (Å²) in [5.74, 6) is 1.00. The first-order chi connectivity index (χ1) is 26.4. The Morgan fingerprint density at radius 3 is 2.38 bits per heavy atom. The highest BCUT2D eigenvalue weighted by atomic mass is 32.2. The molecule has 4 aromatic rings. The third-order valence-corrected chi connectivity index (χ3v) is 11.2. The maximum atomic E-state index is 13.8. The normalized spacial score (nSPS) is 14.7. The van der Waals surface area contributed by atoms with Crippen LogP contribution in [0, 0.1) is 19.3 Å². The van der Waals surface area contributed by atoms with Gasteiger partial charge in [-0.1, -0.05) is 38.5 Å². The van der Waals surface area contributed by atoms with E-state index in [2.05, 4.69) is 39.7 Å². The number of carbonyl (C=O) groups excluding carboxylic acids is 1. The molecule has 1 unspecified atom stereocenters. The molecule has 0 radical (unpaired) electrons. The van der Waals surface area contributed by atoms with Crippen LogP contribution in [0.2, 0.25) is 0 Å². The van der Waals surface area contributed by atoms with E-state index in [4.69, 9.17) is 9.47 Å². The van der Waals surface area contributed by atoms with Gasteiger partial charge in [0.25, 0.3) is 5.91 Å². The second kappa shape index (κ2) is 19.3. The van der Waals surface area contributed by atoms with E-state index in [0.29, 0.717) is 61.1 Å². The van der Waals surface area contributed by atoms with Crippen molar-refractivity contribution in [3.05, 3.63) is 95.1 Å². The summed E-state index contributed by atoms with van der Waals surface area (Å²) in [6.45, 7) is 15.2. The van der Waals surface area contributed by atoms with Gasteiger partial charge in [0.1, 0.15) is 18.2 Å². The molecule has 0 fully saturated rings. The van der Waals surface area contributed by atoms with E-state index in [9.17, 15) is 19.2 Å². The molecule has 55 heavy (non-hydrogen) atoms. The van der Waals surface area contributed by atoms with Crippen LogP contribution >= 0.6 is 0 Å². The van der Waals surface area contributed by atoms with Gasteiger partial charge in [-0.25, -0.2) is 4.98 Å². The molecule has 1 aliphatic heterocycles. The smallest absolute Gasteiger partial charge is 0.310 e. The molecule has 5 rings (SSSR count). The number of carboxylic acid groups (broad SMARTS) is 1. The van der Waals surface area contributed by atoms with Crippen LogP contribution in [-0.2, 0) is 37.8 Å². The average molecular weight is 769 g/mol. The van der Waals surface area contributed by atoms with Gasteiger partial charge in [0.2, 0.25) is 0 Å². The summed E-state index contributed by atoms with van der Waals surface area (Å²) in [4.78, 5) is 33.4. The zero-order valence-electron chi connectivity index (χ0n) is 33.2. The van der Waals surface area contributed by atoms with Gasteiger partial charge in [-0.05, 0) is 136 Å². The van der Waals surface area contributed by atoms with E-state index in [1.165, 1.54) is 0 Å². The number of aromatic nitrogens is 2. The summed E-state index contributed by atoms with van der Waals surface area (Å²) in [5.41, 5.74) is 5.84. The number of nitrogens with one attached hydrogen (secondary N) is 1. The van der Waals surface area contributed by atoms with Crippen LogP contribution < -0.4 is 15.0 Å². The van der Waals surface area contributed by atoms with Gasteiger partial charge < -0.3 is 33.9 Å². The number of carboxylic acids is 1. The number of benzene rings is 3. The molecule has 2 heterocycles. The van der Waals surface area contributed by atoms with Gasteiger partial charge in [0.05, 0.1) is 23.4 Å². The summed E-state index contributed by atoms with van der Waals surface area (Å²) in [6.07, 6.45) is 6.22. The van der Waals surface area contributed by atoms with E-state index >= 15 is 0 Å². The predicted octanol–water partition coefficient (Wildman–Crippen LogP) is 8.81. The van der Waals surface area contributed by atoms with Crippen molar-refractivity contribution in [3.8, 4) is 16.9 Å². The second-order valence-electron chi connectivity index (χ2n) is 14.8. The van der Waals surface area contributed by atoms with Crippen molar-refractivity contribution in [3.63, 3.8) is 0 Å². The SMILES string of the molecule is CCCCOCCOc1ccc(-c2ccc3c(c2)/C=C(/C(=O)Nc2ccc([S+]([O-])Cc4c(C)nc(C)n4CCC)cc2)CCCN3CC(C)(C)C(=O)O)cc1. The number of aryl methyl sites for hydroxylation is 2. The van der Waals surface area contributed by atoms with Crippen LogP contribution in [-0.4, -0.2) is 64.0 Å². The Morgan fingerprint density at radius 2 is 1.69 bits per heavy atom. The standard InChI is InChI=1S/C44H56N4O6S/c1-7-9-24-53-25-26-54-38-17-12-33(13-18-38)34-14-21-40-36(27-34)28-35(11-10-23-47(40)30-44(5,6)43(50)51)42(49)46-37-15-19-39(20-16-37)55(52)29-41-31(3)45-32(4)48(41)22-8-2/h12-21,27-28H,7-11,22-26,29-30H2,1-6H3,(H,46,49)(H,50,51)/b35-28+. The molecule has 1 aliphatic rings. The van der Waals surface area contributed by atoms with Crippen LogP contribution in [0.4, 0.5) is 11.4 Å². The molecule has 10 nitrogen and oxygen atoms in total. The molecule has 1 amide bonds. The van der Waals surface area contributed by atoms with Crippen LogP contribution in [0.25, 0.3) is 17.2 Å². The predicted molar refractivity (Wildman–Crippen MR) is 221 cm³/mol. The number of anilines is 2. The highest BCUT2D eigenvalue weighted by Gasteiger charge is 2.31. The topological polar surface area (TPSA) is 129 Å². The minimum absolute atomic E-state index is 0.209. The number of fused-ring (bicyclic) bond motifs is 1. The molecule has 0 bridgehead atoms. The molecule has 1 atom stereocenters. The molecule has 0 aliphatic carbocycles. The Labute approximate surface area is 329 Å². The van der Waals surface area contributed by atoms with Crippen LogP contribution in [0.1, 0.15) is 82.6 Å². The molecule has 3 aromatic carbocycles. The van der Waals surface area contributed by atoms with Crippen LogP contribution in [0.5, 0.6) is 5.75 Å². The minimum Gasteiger partial charge on any atom is -0.611 e. The zero-order valence-corrected chi connectivity index (χ0v) is 34.0. The average Bonchev–Trinajstić information content (AvgIpc) is 3.42. The monoisotopic (exact) mass is 768 g/mol. The minimum atomic E-state index is -1.28. The number of nitrogens with zero attached hydrogens (tertiary/aromatic N) is 3. The molecule has 0 saturated heterocycles. The van der Waals surface area contributed by atoms with Crippen molar-refractivity contribution >= 4 is 40.5 Å². The highest BCUT2D eigenvalue weighted by Crippen LogP contribution is 2.35. The van der Waals surface area contributed by atoms with Crippen LogP contribution in [0.3, 0.4) is 0 Å². The fourth-order valence-electron chi connectivity index (χ4n) is 6.75. The van der Waals surface area contributed by atoms with Gasteiger partial charge >= 0.3 is 5.97 Å². The first kappa shape index (κ1) is 41.6. The highest BCUT2D eigenvalue weighted by molar-refractivity contribution is 7.90. The Kier molecular flexibility index (Phi) is 14.6. The molecule has 1 aromatic heterocycles. The summed E-state index contributed by atoms with van der Waals surface area (Å²) < 4.78 is 27.0. The van der Waals surface area contributed by atoms with Crippen molar-refractivity contribution in [2.24, 2.45) is 5.41 Å². The lowest BCUT2D eigenvalue weighted by atomic mass is 9.91. The molecule has 0 spiro atoms. The summed E-state index contributed by atoms with van der Waals surface area (Å²) in [6, 6.07) is 21.2. The fourth-order valence-corrected chi connectivity index (χ4v) is 7.97. The molecule has 11 heteroatoms. The van der Waals surface area contributed by atoms with Crippen molar-refractivity contribution in [1.82, 2.24) is 9.55 Å². The number of unbranched alkanes of at least 4 members (excludes halogenated alkanes) is 1. The fraction of sp³-hybridized carbons (Fsp3) is 0.432. The lowest BCUT2D eigenvalue weighted by molar-refractivity contribution is -0.146. The third kappa shape index (κ3) is 11.0. The lowest BCUT2D eigenvalue weighted by Gasteiger charge is -2.34. The Bertz CT molecular complexity index is 1940. The molecular formula is C44H56N4O6S. The van der Waals surface area contributed by atoms with Gasteiger partial charge in [-0.2, -0.15) is 0 Å². The van der Waals surface area contributed by atoms with Gasteiger partial charge in [0, 0.05) is 43.2 Å². The van der Waals surface area contributed by atoms with Gasteiger partial charge in [0.15, 0.2) is 10.6 Å². The first-order valence-electron chi connectivity index (χ1n) is 19.4. The Morgan fingerprint density at radius 1 is 0.964 bits per heavy atom. The van der Waals surface area contributed by atoms with Crippen LogP contribution in [0.15, 0.2) is 77.2 Å². The largest absolute Gasteiger partial charge is 0.611 e. The van der Waals surface area contributed by atoms with E-state index in [1.807, 2.05) is 68.5 Å². The third-order valence-electron chi connectivity index (χ3n) is 9.91. The van der Waals surface area contributed by atoms with Crippen molar-refractivity contribution in [2.75, 3.05) is 43.1 Å². The Hall–Kier alpha value is -4.58. The maximum Gasteiger partial charge on any atom is 0.310 e. The zero-order chi connectivity index (χ0) is 39.5. The number of imidazole rings is 1. The number of rotatable bonds is 18. The van der Waals surface area contributed by atoms with Crippen molar-refractivity contribution < 1.29 is 28.7 Å². The number of aliphatic carboxylic acids is 1.